The fourth-order valence-corrected chi connectivity index (χ4v) is 5.04. The average Bonchev–Trinajstić information content (AvgIpc) is 3.20. The Morgan fingerprint density at radius 3 is 2.42 bits per heavy atom. The van der Waals surface area contributed by atoms with E-state index in [0.717, 1.165) is 28.4 Å². The predicted octanol–water partition coefficient (Wildman–Crippen LogP) is 5.13. The summed E-state index contributed by atoms with van der Waals surface area (Å²) in [6.45, 7) is 10.5. The van der Waals surface area contributed by atoms with E-state index in [1.165, 1.54) is 13.8 Å². The average molecular weight is 532 g/mol. The first-order chi connectivity index (χ1) is 18.1. The molecule has 4 rings (SSSR count). The second kappa shape index (κ2) is 11.3. The Hall–Kier alpha value is -3.73. The molecule has 1 amide bonds. The van der Waals surface area contributed by atoms with E-state index in [0.29, 0.717) is 34.7 Å². The van der Waals surface area contributed by atoms with Gasteiger partial charge in [0.2, 0.25) is 5.91 Å². The molecule has 0 spiro atoms. The van der Waals surface area contributed by atoms with Crippen molar-refractivity contribution in [3.63, 3.8) is 0 Å². The van der Waals surface area contributed by atoms with Crippen LogP contribution in [-0.2, 0) is 22.9 Å². The van der Waals surface area contributed by atoms with Gasteiger partial charge in [-0.1, -0.05) is 25.7 Å². The lowest BCUT2D eigenvalue weighted by atomic mass is 10.0. The largest absolute Gasteiger partial charge is 0.390 e. The molecule has 0 bridgehead atoms. The summed E-state index contributed by atoms with van der Waals surface area (Å²) in [5.74, 6) is 0.0964. The molecule has 0 unspecified atom stereocenters. The van der Waals surface area contributed by atoms with Gasteiger partial charge in [0.05, 0.1) is 29.0 Å². The number of aliphatic hydroxyl groups is 1. The number of aliphatic hydroxyl groups excluding tert-OH is 1. The van der Waals surface area contributed by atoms with Gasteiger partial charge in [0, 0.05) is 62.4 Å². The summed E-state index contributed by atoms with van der Waals surface area (Å²) in [4.78, 5) is 37.9. The third-order valence-electron chi connectivity index (χ3n) is 6.15. The van der Waals surface area contributed by atoms with Gasteiger partial charge in [0.1, 0.15) is 12.5 Å². The topological polar surface area (TPSA) is 119 Å². The quantitative estimate of drug-likeness (QED) is 0.165. The van der Waals surface area contributed by atoms with Gasteiger partial charge in [0.25, 0.3) is 0 Å². The number of ether oxygens (including phenoxy) is 1. The van der Waals surface area contributed by atoms with E-state index in [1.54, 1.807) is 36.8 Å². The van der Waals surface area contributed by atoms with Crippen molar-refractivity contribution in [1.29, 1.82) is 0 Å². The number of fused-ring (bicyclic) bond motifs is 1. The number of hydrogen-bond donors (Lipinski definition) is 2. The normalized spacial score (nSPS) is 11.6. The van der Waals surface area contributed by atoms with Crippen LogP contribution in [0.2, 0.25) is 25.7 Å². The fraction of sp³-hybridized carbons (Fsp3) is 0.321. The lowest BCUT2D eigenvalue weighted by molar-refractivity contribution is -0.114. The highest BCUT2D eigenvalue weighted by molar-refractivity contribution is 6.76. The summed E-state index contributed by atoms with van der Waals surface area (Å²) in [5.41, 5.74) is 5.46. The van der Waals surface area contributed by atoms with Crippen molar-refractivity contribution in [1.82, 2.24) is 19.5 Å². The minimum atomic E-state index is -1.31. The molecule has 0 aliphatic heterocycles. The highest BCUT2D eigenvalue weighted by Crippen LogP contribution is 2.41. The molecule has 4 aromatic rings. The van der Waals surface area contributed by atoms with Gasteiger partial charge < -0.3 is 19.7 Å². The van der Waals surface area contributed by atoms with Crippen LogP contribution in [0, 0.1) is 0 Å². The molecule has 2 N–H and O–H groups in total. The van der Waals surface area contributed by atoms with Crippen LogP contribution < -0.4 is 5.32 Å². The van der Waals surface area contributed by atoms with Gasteiger partial charge in [0.15, 0.2) is 5.78 Å². The molecule has 9 nitrogen and oxygen atoms in total. The van der Waals surface area contributed by atoms with Crippen LogP contribution in [0.5, 0.6) is 0 Å². The van der Waals surface area contributed by atoms with Crippen molar-refractivity contribution >= 4 is 36.6 Å². The van der Waals surface area contributed by atoms with E-state index in [9.17, 15) is 14.7 Å². The zero-order chi connectivity index (χ0) is 27.4. The van der Waals surface area contributed by atoms with Crippen molar-refractivity contribution in [2.24, 2.45) is 0 Å². The molecule has 0 aliphatic carbocycles. The standard InChI is InChI=1S/C28H33N5O4Si/c1-18(35)23-9-11-30-26-25(21-6-7-22(16-34)31-15-21)27(20-8-10-29-24(14-20)32-19(2)36)33(28(23)26)17-37-12-13-38(3,4)5/h6-11,14-15,34H,12-13,16-17H2,1-5H3,(H,29,32,36). The number of amides is 1. The third-order valence-corrected chi connectivity index (χ3v) is 7.85. The van der Waals surface area contributed by atoms with Gasteiger partial charge in [-0.3, -0.25) is 19.6 Å². The molecule has 10 heteroatoms. The molecule has 0 aliphatic rings. The van der Waals surface area contributed by atoms with E-state index < -0.39 is 8.07 Å². The summed E-state index contributed by atoms with van der Waals surface area (Å²) < 4.78 is 8.18. The number of hydrogen-bond acceptors (Lipinski definition) is 7. The molecule has 0 radical (unpaired) electrons. The Kier molecular flexibility index (Phi) is 8.15. The van der Waals surface area contributed by atoms with E-state index in [-0.39, 0.29) is 25.0 Å². The van der Waals surface area contributed by atoms with Crippen LogP contribution in [0.15, 0.2) is 48.9 Å². The molecule has 0 saturated carbocycles. The molecule has 0 saturated heterocycles. The van der Waals surface area contributed by atoms with Crippen molar-refractivity contribution in [3.8, 4) is 22.4 Å². The van der Waals surface area contributed by atoms with Crippen LogP contribution in [0.3, 0.4) is 0 Å². The third kappa shape index (κ3) is 6.04. The number of nitrogens with zero attached hydrogens (tertiary/aromatic N) is 4. The van der Waals surface area contributed by atoms with Crippen molar-refractivity contribution < 1.29 is 19.4 Å². The molecule has 4 heterocycles. The number of aromatic nitrogens is 4. The number of nitrogens with one attached hydrogen (secondary N) is 1. The molecular weight excluding hydrogens is 498 g/mol. The van der Waals surface area contributed by atoms with Crippen LogP contribution in [0.25, 0.3) is 33.4 Å². The molecule has 0 fully saturated rings. The second-order valence-corrected chi connectivity index (χ2v) is 16.0. The summed E-state index contributed by atoms with van der Waals surface area (Å²) in [7, 11) is -1.31. The highest BCUT2D eigenvalue weighted by atomic mass is 28.3. The number of anilines is 1. The smallest absolute Gasteiger partial charge is 0.222 e. The second-order valence-electron chi connectivity index (χ2n) is 10.4. The minimum Gasteiger partial charge on any atom is -0.390 e. The number of rotatable bonds is 10. The summed E-state index contributed by atoms with van der Waals surface area (Å²) in [5, 5.41) is 12.3. The van der Waals surface area contributed by atoms with Crippen LogP contribution >= 0.6 is 0 Å². The monoisotopic (exact) mass is 531 g/mol. The van der Waals surface area contributed by atoms with E-state index in [1.807, 2.05) is 16.7 Å². The highest BCUT2D eigenvalue weighted by Gasteiger charge is 2.25. The number of pyridine rings is 3. The minimum absolute atomic E-state index is 0.0845. The first-order valence-corrected chi connectivity index (χ1v) is 16.2. The predicted molar refractivity (Wildman–Crippen MR) is 151 cm³/mol. The zero-order valence-electron chi connectivity index (χ0n) is 22.4. The van der Waals surface area contributed by atoms with Crippen molar-refractivity contribution in [2.45, 2.75) is 52.9 Å². The molecule has 0 atom stereocenters. The maximum atomic E-state index is 12.8. The van der Waals surface area contributed by atoms with Crippen molar-refractivity contribution in [2.75, 3.05) is 11.9 Å². The zero-order valence-corrected chi connectivity index (χ0v) is 23.4. The van der Waals surface area contributed by atoms with Crippen LogP contribution in [0.1, 0.15) is 29.9 Å². The lowest BCUT2D eigenvalue weighted by Crippen LogP contribution is -2.22. The summed E-state index contributed by atoms with van der Waals surface area (Å²) >= 11 is 0. The van der Waals surface area contributed by atoms with Gasteiger partial charge in [-0.25, -0.2) is 4.98 Å². The van der Waals surface area contributed by atoms with Crippen molar-refractivity contribution in [3.05, 3.63) is 60.2 Å². The molecule has 198 valence electrons. The maximum Gasteiger partial charge on any atom is 0.222 e. The Labute approximate surface area is 222 Å². The van der Waals surface area contributed by atoms with E-state index in [4.69, 9.17) is 9.72 Å². The van der Waals surface area contributed by atoms with Gasteiger partial charge >= 0.3 is 0 Å². The summed E-state index contributed by atoms with van der Waals surface area (Å²) in [6, 6.07) is 10.0. The van der Waals surface area contributed by atoms with Gasteiger partial charge in [-0.2, -0.15) is 0 Å². The summed E-state index contributed by atoms with van der Waals surface area (Å²) in [6.07, 6.45) is 4.96. The first kappa shape index (κ1) is 27.3. The Morgan fingerprint density at radius 1 is 1.03 bits per heavy atom. The Balaban J connectivity index is 2.00. The van der Waals surface area contributed by atoms with Crippen LogP contribution in [-0.4, -0.2) is 51.0 Å². The molecule has 38 heavy (non-hydrogen) atoms. The molecule has 0 aromatic carbocycles. The SMILES string of the molecule is CC(=O)Nc1cc(-c2c(-c3ccc(CO)nc3)c3nccc(C(C)=O)c3n2COCC[Si](C)(C)C)ccn1. The number of ketones is 1. The number of carbonyl (C=O) groups excluding carboxylic acids is 2. The maximum absolute atomic E-state index is 12.8. The lowest BCUT2D eigenvalue weighted by Gasteiger charge is -2.18. The molecule has 4 aromatic heterocycles. The number of Topliss-reactive ketones (excluding diaryl/α,β-unsaturated/α-hetero) is 1. The van der Waals surface area contributed by atoms with E-state index in [2.05, 4.69) is 34.9 Å². The van der Waals surface area contributed by atoms with Gasteiger partial charge in [-0.15, -0.1) is 0 Å². The van der Waals surface area contributed by atoms with Crippen LogP contribution in [0.4, 0.5) is 5.82 Å². The van der Waals surface area contributed by atoms with E-state index >= 15 is 0 Å². The number of carbonyl (C=O) groups is 2. The first-order valence-electron chi connectivity index (χ1n) is 12.5. The Morgan fingerprint density at radius 2 is 1.79 bits per heavy atom. The molecular formula is C28H33N5O4Si. The Bertz CT molecular complexity index is 1480. The van der Waals surface area contributed by atoms with Gasteiger partial charge in [-0.05, 0) is 37.2 Å². The fourth-order valence-electron chi connectivity index (χ4n) is 4.28.